The fraction of sp³-hybridized carbons (Fsp3) is 0.600. The number of fused-ring (bicyclic) bond motifs is 3. The van der Waals surface area contributed by atoms with Crippen LogP contribution in [0, 0.1) is 31.6 Å². The van der Waals surface area contributed by atoms with Gasteiger partial charge in [-0.3, -0.25) is 4.90 Å². The second-order valence-corrected chi connectivity index (χ2v) is 21.4. The molecule has 2 aliphatic heterocycles. The molecule has 6 atom stereocenters. The molecule has 2 N–H and O–H groups in total. The number of hydrogen-bond acceptors (Lipinski definition) is 11. The Balaban J connectivity index is 1.35. The number of unbranched alkanes of at least 4 members (excludes halogenated alkanes) is 11. The van der Waals surface area contributed by atoms with E-state index >= 15 is 4.79 Å². The number of ether oxygens (including phenoxy) is 6. The van der Waals surface area contributed by atoms with Crippen LogP contribution in [0.3, 0.4) is 0 Å². The van der Waals surface area contributed by atoms with Gasteiger partial charge in [0, 0.05) is 37.7 Å². The Bertz CT molecular complexity index is 2300. The maximum Gasteiger partial charge on any atom is 0.410 e. The zero-order chi connectivity index (χ0) is 51.1. The van der Waals surface area contributed by atoms with Gasteiger partial charge in [-0.05, 0) is 143 Å². The molecule has 0 unspecified atom stereocenters. The fourth-order valence-corrected chi connectivity index (χ4v) is 11.2. The summed E-state index contributed by atoms with van der Waals surface area (Å²) in [4.78, 5) is 23.4. The van der Waals surface area contributed by atoms with Crippen molar-refractivity contribution in [3.05, 3.63) is 101 Å². The van der Waals surface area contributed by atoms with Crippen LogP contribution >= 0.6 is 0 Å². The molecule has 1 amide bonds. The lowest BCUT2D eigenvalue weighted by Crippen LogP contribution is -2.70. The minimum atomic E-state index is -1.47. The average Bonchev–Trinajstić information content (AvgIpc) is 3.84. The topological polar surface area (TPSA) is 138 Å². The summed E-state index contributed by atoms with van der Waals surface area (Å²) >= 11 is 0. The standard InChI is InChI=1S/C60H84N2O10/c1-8-10-11-12-13-14-15-16-17-22-34-66-58(65)62(40-44-26-29-53-54(36-44)68-41-67-53)55-39-51(61-72-59(5,6)7)49-37-45(23-18-20-31-63)48(24-19-21-32-64)56-50-38-47(70-46-27-25-42(3)43(4)35-46)28-30-52(50)71-60(55,57(49)56)69-33-9-2/h9,25-30,35-38,45,48,55-57,63-64H,2,8,10-24,31-34,39-41H2,1,3-7H3/t45-,48+,55-,56+,57+,60+/m0/s1. The highest BCUT2D eigenvalue weighted by atomic mass is 16.7. The Morgan fingerprint density at radius 1 is 0.819 bits per heavy atom. The summed E-state index contributed by atoms with van der Waals surface area (Å²) in [5, 5.41) is 25.2. The third kappa shape index (κ3) is 13.8. The second-order valence-electron chi connectivity index (χ2n) is 21.4. The predicted molar refractivity (Wildman–Crippen MR) is 283 cm³/mol. The highest BCUT2D eigenvalue weighted by Crippen LogP contribution is 2.62. The Labute approximate surface area is 430 Å². The number of aliphatic hydroxyl groups excluding tert-OH is 2. The number of hydrogen-bond donors (Lipinski definition) is 2. The van der Waals surface area contributed by atoms with E-state index in [-0.39, 0.29) is 63.9 Å². The van der Waals surface area contributed by atoms with Crippen LogP contribution in [0.2, 0.25) is 0 Å². The smallest absolute Gasteiger partial charge is 0.410 e. The van der Waals surface area contributed by atoms with Crippen LogP contribution < -0.4 is 18.9 Å². The highest BCUT2D eigenvalue weighted by molar-refractivity contribution is 6.03. The van der Waals surface area contributed by atoms with Crippen molar-refractivity contribution in [2.75, 3.05) is 33.2 Å². The summed E-state index contributed by atoms with van der Waals surface area (Å²) < 4.78 is 39.4. The van der Waals surface area contributed by atoms with E-state index in [2.05, 4.69) is 51.6 Å². The van der Waals surface area contributed by atoms with Crippen LogP contribution in [0.5, 0.6) is 28.7 Å². The number of carbonyl (C=O) groups excluding carboxylic acids is 1. The molecule has 12 nitrogen and oxygen atoms in total. The molecule has 0 bridgehead atoms. The van der Waals surface area contributed by atoms with E-state index in [9.17, 15) is 10.2 Å². The van der Waals surface area contributed by atoms with Crippen LogP contribution in [-0.2, 0) is 20.9 Å². The number of aliphatic hydroxyl groups is 2. The molecule has 0 saturated heterocycles. The third-order valence-electron chi connectivity index (χ3n) is 14.9. The molecule has 0 spiro atoms. The summed E-state index contributed by atoms with van der Waals surface area (Å²) in [6.07, 6.45) is 20.2. The molecule has 2 heterocycles. The number of oxime groups is 1. The first-order valence-electron chi connectivity index (χ1n) is 27.2. The van der Waals surface area contributed by atoms with Crippen LogP contribution in [0.25, 0.3) is 0 Å². The summed E-state index contributed by atoms with van der Waals surface area (Å²) in [5.74, 6) is 1.27. The van der Waals surface area contributed by atoms with Crippen molar-refractivity contribution >= 4 is 11.8 Å². The number of rotatable bonds is 28. The number of allylic oxidation sites excluding steroid dienone is 1. The molecule has 12 heteroatoms. The van der Waals surface area contributed by atoms with Crippen molar-refractivity contribution in [2.45, 2.75) is 181 Å². The minimum Gasteiger partial charge on any atom is -0.459 e. The van der Waals surface area contributed by atoms with E-state index in [0.717, 1.165) is 78.7 Å². The molecule has 7 rings (SSSR count). The van der Waals surface area contributed by atoms with E-state index in [1.54, 1.807) is 11.0 Å². The second kappa shape index (κ2) is 26.3. The monoisotopic (exact) mass is 993 g/mol. The van der Waals surface area contributed by atoms with Gasteiger partial charge in [0.2, 0.25) is 12.6 Å². The van der Waals surface area contributed by atoms with E-state index in [4.69, 9.17) is 38.4 Å². The maximum atomic E-state index is 15.2. The number of carbonyl (C=O) groups is 1. The maximum absolute atomic E-state index is 15.2. The van der Waals surface area contributed by atoms with E-state index in [0.29, 0.717) is 35.8 Å². The molecule has 2 aliphatic carbocycles. The molecular formula is C60H84N2O10. The molecule has 0 aromatic heterocycles. The lowest BCUT2D eigenvalue weighted by Gasteiger charge is -2.60. The normalized spacial score (nSPS) is 22.4. The molecule has 1 fully saturated rings. The van der Waals surface area contributed by atoms with Crippen molar-refractivity contribution in [1.82, 2.24) is 4.90 Å². The summed E-state index contributed by atoms with van der Waals surface area (Å²) in [7, 11) is 0. The molecule has 0 radical (unpaired) electrons. The summed E-state index contributed by atoms with van der Waals surface area (Å²) in [6.45, 7) is 17.4. The Morgan fingerprint density at radius 2 is 1.50 bits per heavy atom. The van der Waals surface area contributed by atoms with Gasteiger partial charge in [-0.15, -0.1) is 6.58 Å². The van der Waals surface area contributed by atoms with Gasteiger partial charge in [-0.2, -0.15) is 0 Å². The van der Waals surface area contributed by atoms with E-state index < -0.39 is 29.4 Å². The summed E-state index contributed by atoms with van der Waals surface area (Å²) in [6, 6.07) is 17.2. The van der Waals surface area contributed by atoms with Gasteiger partial charge in [-0.1, -0.05) is 107 Å². The van der Waals surface area contributed by atoms with Gasteiger partial charge in [0.15, 0.2) is 11.5 Å². The minimum absolute atomic E-state index is 0.0457. The van der Waals surface area contributed by atoms with Crippen LogP contribution in [-0.4, -0.2) is 77.6 Å². The molecule has 3 aromatic rings. The first-order chi connectivity index (χ1) is 34.9. The van der Waals surface area contributed by atoms with Crippen molar-refractivity contribution in [3.63, 3.8) is 0 Å². The quantitative estimate of drug-likeness (QED) is 0.0411. The number of aryl methyl sites for hydroxylation is 2. The lowest BCUT2D eigenvalue weighted by atomic mass is 9.55. The zero-order valence-corrected chi connectivity index (χ0v) is 44.3. The molecule has 1 saturated carbocycles. The van der Waals surface area contributed by atoms with Crippen LogP contribution in [0.1, 0.15) is 165 Å². The number of amides is 1. The van der Waals surface area contributed by atoms with Crippen molar-refractivity contribution < 1.29 is 48.3 Å². The molecular weight excluding hydrogens is 909 g/mol. The molecule has 4 aliphatic rings. The van der Waals surface area contributed by atoms with Gasteiger partial charge < -0.3 is 43.5 Å². The predicted octanol–water partition coefficient (Wildman–Crippen LogP) is 13.8. The number of benzene rings is 3. The van der Waals surface area contributed by atoms with E-state index in [1.807, 2.05) is 57.2 Å². The van der Waals surface area contributed by atoms with Gasteiger partial charge in [0.25, 0.3) is 0 Å². The zero-order valence-electron chi connectivity index (χ0n) is 44.3. The number of nitrogens with zero attached hydrogens (tertiary/aromatic N) is 2. The SMILES string of the molecule is C=CCO[C@@]12Oc3ccc(Oc4ccc(C)c(C)c4)cc3[C@H]3[C@H](CCCCO)[C@@H](CCCCO)C=C(C(=NOC(C)(C)C)C[C@@H]1N(Cc1ccc4c(c1)OCO4)C(=O)OCCCCCCCCCCCC)[C@H]32. The third-order valence-corrected chi connectivity index (χ3v) is 14.9. The van der Waals surface area contributed by atoms with Gasteiger partial charge in [0.1, 0.15) is 28.9 Å². The first kappa shape index (κ1) is 54.7. The lowest BCUT2D eigenvalue weighted by molar-refractivity contribution is -0.256. The van der Waals surface area contributed by atoms with Crippen molar-refractivity contribution in [3.8, 4) is 28.7 Å². The summed E-state index contributed by atoms with van der Waals surface area (Å²) in [5.41, 5.74) is 5.20. The van der Waals surface area contributed by atoms with Crippen LogP contribution in [0.4, 0.5) is 4.79 Å². The first-order valence-corrected chi connectivity index (χ1v) is 27.2. The average molecular weight is 993 g/mol. The Morgan fingerprint density at radius 3 is 2.21 bits per heavy atom. The van der Waals surface area contributed by atoms with Crippen LogP contribution in [0.15, 0.2) is 84.1 Å². The highest BCUT2D eigenvalue weighted by Gasteiger charge is 2.66. The molecule has 72 heavy (non-hydrogen) atoms. The van der Waals surface area contributed by atoms with Gasteiger partial charge in [0.05, 0.1) is 24.8 Å². The molecule has 3 aromatic carbocycles. The van der Waals surface area contributed by atoms with Crippen molar-refractivity contribution in [2.24, 2.45) is 22.9 Å². The molecule has 394 valence electrons. The fourth-order valence-electron chi connectivity index (χ4n) is 11.2. The Hall–Kier alpha value is -5.04. The van der Waals surface area contributed by atoms with Gasteiger partial charge >= 0.3 is 6.09 Å². The van der Waals surface area contributed by atoms with Crippen molar-refractivity contribution in [1.29, 1.82) is 0 Å². The Kier molecular flexibility index (Phi) is 20.0. The van der Waals surface area contributed by atoms with E-state index in [1.165, 1.54) is 50.5 Å². The van der Waals surface area contributed by atoms with Gasteiger partial charge in [-0.25, -0.2) is 4.79 Å². The largest absolute Gasteiger partial charge is 0.459 e.